The summed E-state index contributed by atoms with van der Waals surface area (Å²) in [7, 11) is 1.29. The molecule has 0 heterocycles. The normalized spacial score (nSPS) is 10.8. The molecular formula is C9H17NO3. The van der Waals surface area contributed by atoms with Gasteiger partial charge in [-0.05, 0) is 0 Å². The summed E-state index contributed by atoms with van der Waals surface area (Å²) in [5.41, 5.74) is -0.336. The summed E-state index contributed by atoms with van der Waals surface area (Å²) in [5.74, 6) is 0.129. The Labute approximate surface area is 78.6 Å². The van der Waals surface area contributed by atoms with Gasteiger partial charge in [0.1, 0.15) is 5.78 Å². The van der Waals surface area contributed by atoms with Crippen LogP contribution in [0.3, 0.4) is 0 Å². The average Bonchev–Trinajstić information content (AvgIpc) is 2.02. The zero-order valence-electron chi connectivity index (χ0n) is 8.64. The smallest absolute Gasteiger partial charge is 0.406 e. The first-order chi connectivity index (χ1) is 5.88. The average molecular weight is 187 g/mol. The molecule has 13 heavy (non-hydrogen) atoms. The van der Waals surface area contributed by atoms with Crippen molar-refractivity contribution in [3.8, 4) is 0 Å². The molecule has 4 heteroatoms. The maximum absolute atomic E-state index is 11.3. The van der Waals surface area contributed by atoms with Gasteiger partial charge in [-0.1, -0.05) is 20.8 Å². The van der Waals surface area contributed by atoms with Gasteiger partial charge in [-0.3, -0.25) is 4.79 Å². The molecule has 0 unspecified atom stereocenters. The molecule has 1 N–H and O–H groups in total. The van der Waals surface area contributed by atoms with Crippen LogP contribution in [0.1, 0.15) is 27.2 Å². The zero-order valence-corrected chi connectivity index (χ0v) is 8.64. The summed E-state index contributed by atoms with van der Waals surface area (Å²) in [5, 5.41) is 2.45. The molecule has 0 rings (SSSR count). The van der Waals surface area contributed by atoms with E-state index in [0.717, 1.165) is 0 Å². The van der Waals surface area contributed by atoms with Crippen LogP contribution < -0.4 is 5.32 Å². The van der Waals surface area contributed by atoms with Crippen LogP contribution in [-0.4, -0.2) is 25.5 Å². The van der Waals surface area contributed by atoms with Crippen molar-refractivity contribution in [3.05, 3.63) is 0 Å². The Morgan fingerprint density at radius 1 is 1.31 bits per heavy atom. The first-order valence-corrected chi connectivity index (χ1v) is 4.23. The lowest BCUT2D eigenvalue weighted by molar-refractivity contribution is -0.126. The third kappa shape index (κ3) is 5.22. The Morgan fingerprint density at radius 2 is 1.85 bits per heavy atom. The topological polar surface area (TPSA) is 55.4 Å². The summed E-state index contributed by atoms with van der Waals surface area (Å²) in [6, 6.07) is 0. The Balaban J connectivity index is 3.67. The highest BCUT2D eigenvalue weighted by Gasteiger charge is 2.20. The van der Waals surface area contributed by atoms with E-state index in [-0.39, 0.29) is 11.2 Å². The van der Waals surface area contributed by atoms with Crippen LogP contribution in [0, 0.1) is 5.41 Å². The summed E-state index contributed by atoms with van der Waals surface area (Å²) < 4.78 is 4.36. The van der Waals surface area contributed by atoms with Crippen molar-refractivity contribution in [1.82, 2.24) is 5.32 Å². The maximum Gasteiger partial charge on any atom is 0.406 e. The molecule has 0 aromatic rings. The number of hydrogen-bond acceptors (Lipinski definition) is 3. The molecule has 0 saturated carbocycles. The van der Waals surface area contributed by atoms with Crippen LogP contribution in [0.15, 0.2) is 0 Å². The van der Waals surface area contributed by atoms with Crippen LogP contribution in [0.2, 0.25) is 0 Å². The van der Waals surface area contributed by atoms with E-state index in [0.29, 0.717) is 13.0 Å². The number of amides is 1. The highest BCUT2D eigenvalue weighted by Crippen LogP contribution is 2.15. The van der Waals surface area contributed by atoms with E-state index >= 15 is 0 Å². The molecule has 0 fully saturated rings. The number of ketones is 1. The van der Waals surface area contributed by atoms with Crippen molar-refractivity contribution in [3.63, 3.8) is 0 Å². The van der Waals surface area contributed by atoms with Crippen molar-refractivity contribution in [2.75, 3.05) is 13.7 Å². The van der Waals surface area contributed by atoms with E-state index < -0.39 is 6.09 Å². The fourth-order valence-corrected chi connectivity index (χ4v) is 0.725. The van der Waals surface area contributed by atoms with Gasteiger partial charge in [0.25, 0.3) is 0 Å². The van der Waals surface area contributed by atoms with E-state index in [9.17, 15) is 9.59 Å². The van der Waals surface area contributed by atoms with Gasteiger partial charge >= 0.3 is 6.09 Å². The molecule has 4 nitrogen and oxygen atoms in total. The van der Waals surface area contributed by atoms with Gasteiger partial charge < -0.3 is 10.1 Å². The minimum absolute atomic E-state index is 0.129. The second-order valence-corrected chi connectivity index (χ2v) is 3.84. The molecule has 0 spiro atoms. The van der Waals surface area contributed by atoms with Crippen LogP contribution in [0.25, 0.3) is 0 Å². The van der Waals surface area contributed by atoms with Gasteiger partial charge in [-0.15, -0.1) is 0 Å². The number of alkyl carbamates (subject to hydrolysis) is 1. The number of methoxy groups -OCH3 is 1. The Hall–Kier alpha value is -1.06. The number of carbonyl (C=O) groups excluding carboxylic acids is 2. The first kappa shape index (κ1) is 11.9. The summed E-state index contributed by atoms with van der Waals surface area (Å²) in [4.78, 5) is 21.9. The SMILES string of the molecule is COC(=O)NCCC(=O)C(C)(C)C. The predicted molar refractivity (Wildman–Crippen MR) is 49.5 cm³/mol. The fourth-order valence-electron chi connectivity index (χ4n) is 0.725. The fraction of sp³-hybridized carbons (Fsp3) is 0.778. The van der Waals surface area contributed by atoms with Crippen molar-refractivity contribution < 1.29 is 14.3 Å². The molecule has 0 saturated heterocycles. The highest BCUT2D eigenvalue weighted by molar-refractivity contribution is 5.84. The largest absolute Gasteiger partial charge is 0.453 e. The van der Waals surface area contributed by atoms with Crippen LogP contribution >= 0.6 is 0 Å². The molecule has 0 aliphatic carbocycles. The predicted octanol–water partition coefficient (Wildman–Crippen LogP) is 1.35. The zero-order chi connectivity index (χ0) is 10.5. The summed E-state index contributed by atoms with van der Waals surface area (Å²) in [6.07, 6.45) is -0.153. The number of carbonyl (C=O) groups is 2. The minimum atomic E-state index is -0.498. The second-order valence-electron chi connectivity index (χ2n) is 3.84. The quantitative estimate of drug-likeness (QED) is 0.725. The highest BCUT2D eigenvalue weighted by atomic mass is 16.5. The van der Waals surface area contributed by atoms with Gasteiger partial charge in [0, 0.05) is 18.4 Å². The molecule has 0 bridgehead atoms. The molecule has 0 atom stereocenters. The van der Waals surface area contributed by atoms with E-state index in [2.05, 4.69) is 10.1 Å². The maximum atomic E-state index is 11.3. The first-order valence-electron chi connectivity index (χ1n) is 4.23. The van der Waals surface area contributed by atoms with Gasteiger partial charge in [0.15, 0.2) is 0 Å². The van der Waals surface area contributed by atoms with Crippen molar-refractivity contribution in [2.24, 2.45) is 5.41 Å². The molecule has 76 valence electrons. The standard InChI is InChI=1S/C9H17NO3/c1-9(2,3)7(11)5-6-10-8(12)13-4/h5-6H2,1-4H3,(H,10,12). The molecule has 0 radical (unpaired) electrons. The molecule has 1 amide bonds. The van der Waals surface area contributed by atoms with Gasteiger partial charge in [-0.25, -0.2) is 4.79 Å². The lowest BCUT2D eigenvalue weighted by Crippen LogP contribution is -2.29. The number of rotatable bonds is 3. The third-order valence-corrected chi connectivity index (χ3v) is 1.64. The molecule has 0 aliphatic rings. The number of Topliss-reactive ketones (excluding diaryl/α,β-unsaturated/α-hetero) is 1. The lowest BCUT2D eigenvalue weighted by Gasteiger charge is -2.16. The summed E-state index contributed by atoms with van der Waals surface area (Å²) >= 11 is 0. The van der Waals surface area contributed by atoms with Gasteiger partial charge in [0.05, 0.1) is 7.11 Å². The van der Waals surface area contributed by atoms with E-state index in [1.165, 1.54) is 7.11 Å². The van der Waals surface area contributed by atoms with Gasteiger partial charge in [0.2, 0.25) is 0 Å². The van der Waals surface area contributed by atoms with E-state index in [4.69, 9.17) is 0 Å². The van der Waals surface area contributed by atoms with Crippen LogP contribution in [-0.2, 0) is 9.53 Å². The Bertz CT molecular complexity index is 194. The molecule has 0 aromatic carbocycles. The number of nitrogens with one attached hydrogen (secondary N) is 1. The van der Waals surface area contributed by atoms with E-state index in [1.807, 2.05) is 20.8 Å². The van der Waals surface area contributed by atoms with Crippen molar-refractivity contribution in [1.29, 1.82) is 0 Å². The molecule has 0 aliphatic heterocycles. The lowest BCUT2D eigenvalue weighted by atomic mass is 9.89. The Morgan fingerprint density at radius 3 is 2.23 bits per heavy atom. The minimum Gasteiger partial charge on any atom is -0.453 e. The van der Waals surface area contributed by atoms with E-state index in [1.54, 1.807) is 0 Å². The van der Waals surface area contributed by atoms with Gasteiger partial charge in [-0.2, -0.15) is 0 Å². The Kier molecular flexibility index (Phi) is 4.45. The van der Waals surface area contributed by atoms with Crippen molar-refractivity contribution in [2.45, 2.75) is 27.2 Å². The monoisotopic (exact) mass is 187 g/mol. The van der Waals surface area contributed by atoms with Crippen LogP contribution in [0.4, 0.5) is 4.79 Å². The van der Waals surface area contributed by atoms with Crippen molar-refractivity contribution >= 4 is 11.9 Å². The molecule has 0 aromatic heterocycles. The van der Waals surface area contributed by atoms with Crippen LogP contribution in [0.5, 0.6) is 0 Å². The third-order valence-electron chi connectivity index (χ3n) is 1.64. The molecular weight excluding hydrogens is 170 g/mol. The second kappa shape index (κ2) is 4.84. The number of hydrogen-bond donors (Lipinski definition) is 1. The summed E-state index contributed by atoms with van der Waals surface area (Å²) in [6.45, 7) is 5.90. The number of ether oxygens (including phenoxy) is 1.